The molecular weight excluding hydrogens is 400 g/mol. The van der Waals surface area contributed by atoms with Crippen LogP contribution in [0.4, 0.5) is 0 Å². The highest BCUT2D eigenvalue weighted by Crippen LogP contribution is 2.33. The monoisotopic (exact) mass is 430 g/mol. The lowest BCUT2D eigenvalue weighted by molar-refractivity contribution is 0.0674. The fraction of sp³-hybridized carbons (Fsp3) is 0.480. The summed E-state index contributed by atoms with van der Waals surface area (Å²) in [5, 5.41) is 3.44. The quantitative estimate of drug-likeness (QED) is 0.690. The number of imidazole rings is 1. The Morgan fingerprint density at radius 2 is 2.03 bits per heavy atom. The van der Waals surface area contributed by atoms with Crippen molar-refractivity contribution in [2.45, 2.75) is 50.7 Å². The van der Waals surface area contributed by atoms with Crippen molar-refractivity contribution in [3.63, 3.8) is 0 Å². The number of amides is 1. The first-order chi connectivity index (χ1) is 15.8. The van der Waals surface area contributed by atoms with Crippen LogP contribution >= 0.6 is 0 Å². The maximum atomic E-state index is 13.0. The summed E-state index contributed by atoms with van der Waals surface area (Å²) in [6.45, 7) is 5.85. The van der Waals surface area contributed by atoms with Crippen molar-refractivity contribution < 1.29 is 4.79 Å². The Morgan fingerprint density at radius 3 is 2.88 bits per heavy atom. The van der Waals surface area contributed by atoms with Gasteiger partial charge in [0.15, 0.2) is 5.65 Å². The van der Waals surface area contributed by atoms with Crippen molar-refractivity contribution in [2.24, 2.45) is 0 Å². The van der Waals surface area contributed by atoms with Crippen LogP contribution in [0, 0.1) is 0 Å². The smallest absolute Gasteiger partial charge is 0.254 e. The van der Waals surface area contributed by atoms with Gasteiger partial charge in [-0.25, -0.2) is 4.98 Å². The number of carbonyl (C=O) groups excluding carboxylic acids is 1. The van der Waals surface area contributed by atoms with E-state index in [9.17, 15) is 4.79 Å². The van der Waals surface area contributed by atoms with Gasteiger partial charge >= 0.3 is 0 Å². The second-order valence-electron chi connectivity index (χ2n) is 9.45. The third-order valence-corrected chi connectivity index (χ3v) is 7.51. The fourth-order valence-corrected chi connectivity index (χ4v) is 5.68. The lowest BCUT2D eigenvalue weighted by Gasteiger charge is -2.32. The average molecular weight is 431 g/mol. The maximum Gasteiger partial charge on any atom is 0.254 e. The van der Waals surface area contributed by atoms with Crippen LogP contribution in [0.2, 0.25) is 0 Å². The predicted octanol–water partition coefficient (Wildman–Crippen LogP) is 2.82. The second kappa shape index (κ2) is 8.30. The molecule has 3 aliphatic heterocycles. The molecule has 2 saturated heterocycles. The number of piperidine rings is 2. The van der Waals surface area contributed by atoms with Crippen molar-refractivity contribution >= 4 is 11.6 Å². The first kappa shape index (κ1) is 19.9. The lowest BCUT2D eigenvalue weighted by Crippen LogP contribution is -2.46. The number of nitrogens with one attached hydrogen (secondary N) is 1. The normalized spacial score (nSPS) is 22.6. The maximum absolute atomic E-state index is 13.0. The second-order valence-corrected chi connectivity index (χ2v) is 9.45. The molecule has 0 radical (unpaired) electrons. The molecule has 32 heavy (non-hydrogen) atoms. The third kappa shape index (κ3) is 3.59. The van der Waals surface area contributed by atoms with Crippen LogP contribution in [0.25, 0.3) is 5.65 Å². The average Bonchev–Trinajstić information content (AvgIpc) is 3.41. The van der Waals surface area contributed by atoms with E-state index in [0.717, 1.165) is 76.2 Å². The molecule has 1 aromatic carbocycles. The third-order valence-electron chi connectivity index (χ3n) is 7.51. The van der Waals surface area contributed by atoms with E-state index in [2.05, 4.69) is 47.7 Å². The molecule has 2 fully saturated rings. The van der Waals surface area contributed by atoms with Crippen LogP contribution < -0.4 is 5.32 Å². The zero-order valence-electron chi connectivity index (χ0n) is 18.4. The molecular formula is C25H30N6O. The zero-order valence-corrected chi connectivity index (χ0v) is 18.4. The molecule has 3 aromatic rings. The Kier molecular flexibility index (Phi) is 5.15. The summed E-state index contributed by atoms with van der Waals surface area (Å²) >= 11 is 0. The van der Waals surface area contributed by atoms with Crippen LogP contribution in [-0.4, -0.2) is 62.3 Å². The largest absolute Gasteiger partial charge is 0.330 e. The Morgan fingerprint density at radius 1 is 1.12 bits per heavy atom. The van der Waals surface area contributed by atoms with Crippen molar-refractivity contribution in [1.29, 1.82) is 0 Å². The number of likely N-dealkylation sites (tertiary alicyclic amines) is 1. The Labute approximate surface area is 188 Å². The van der Waals surface area contributed by atoms with E-state index >= 15 is 0 Å². The summed E-state index contributed by atoms with van der Waals surface area (Å²) in [4.78, 5) is 26.2. The predicted molar refractivity (Wildman–Crippen MR) is 122 cm³/mol. The van der Waals surface area contributed by atoms with Crippen molar-refractivity contribution in [1.82, 2.24) is 29.5 Å². The molecule has 0 bridgehead atoms. The molecule has 2 aromatic heterocycles. The number of hydrogen-bond donors (Lipinski definition) is 1. The minimum atomic E-state index is 0.221. The lowest BCUT2D eigenvalue weighted by atomic mass is 9.88. The van der Waals surface area contributed by atoms with Gasteiger partial charge in [0.2, 0.25) is 0 Å². The van der Waals surface area contributed by atoms with Gasteiger partial charge in [0.05, 0.1) is 18.1 Å². The van der Waals surface area contributed by atoms with Crippen molar-refractivity contribution in [3.05, 3.63) is 65.4 Å². The molecule has 0 spiro atoms. The SMILES string of the molecule is O=C1c2ccc(C3CCN(Cc4cnc5cnccn45)CC3)cc2CN1C1CCCNC1. The van der Waals surface area contributed by atoms with Gasteiger partial charge in [0.1, 0.15) is 0 Å². The van der Waals surface area contributed by atoms with E-state index < -0.39 is 0 Å². The van der Waals surface area contributed by atoms with Gasteiger partial charge in [-0.05, 0) is 68.4 Å². The number of benzene rings is 1. The zero-order chi connectivity index (χ0) is 21.5. The molecule has 0 aliphatic carbocycles. The summed E-state index contributed by atoms with van der Waals surface area (Å²) in [5.41, 5.74) is 5.66. The topological polar surface area (TPSA) is 65.8 Å². The van der Waals surface area contributed by atoms with E-state index in [1.54, 1.807) is 6.20 Å². The van der Waals surface area contributed by atoms with Crippen LogP contribution in [0.15, 0.2) is 43.0 Å². The van der Waals surface area contributed by atoms with Crippen LogP contribution in [0.3, 0.4) is 0 Å². The summed E-state index contributed by atoms with van der Waals surface area (Å²) < 4.78 is 2.13. The van der Waals surface area contributed by atoms with Gasteiger partial charge in [-0.3, -0.25) is 19.1 Å². The van der Waals surface area contributed by atoms with E-state index in [1.165, 1.54) is 16.8 Å². The number of nitrogens with zero attached hydrogens (tertiary/aromatic N) is 5. The van der Waals surface area contributed by atoms with E-state index in [-0.39, 0.29) is 5.91 Å². The van der Waals surface area contributed by atoms with Crippen LogP contribution in [0.1, 0.15) is 58.8 Å². The molecule has 0 saturated carbocycles. The summed E-state index contributed by atoms with van der Waals surface area (Å²) in [6.07, 6.45) is 12.1. The van der Waals surface area contributed by atoms with Gasteiger partial charge in [-0.1, -0.05) is 12.1 Å². The minimum Gasteiger partial charge on any atom is -0.330 e. The number of aromatic nitrogens is 3. The van der Waals surface area contributed by atoms with E-state index in [1.807, 2.05) is 18.6 Å². The molecule has 1 N–H and O–H groups in total. The minimum absolute atomic E-state index is 0.221. The Bertz CT molecular complexity index is 1130. The molecule has 166 valence electrons. The van der Waals surface area contributed by atoms with E-state index in [0.29, 0.717) is 12.0 Å². The first-order valence-electron chi connectivity index (χ1n) is 11.9. The van der Waals surface area contributed by atoms with Crippen LogP contribution in [-0.2, 0) is 13.1 Å². The summed E-state index contributed by atoms with van der Waals surface area (Å²) in [6, 6.07) is 6.95. The van der Waals surface area contributed by atoms with Crippen molar-refractivity contribution in [3.8, 4) is 0 Å². The van der Waals surface area contributed by atoms with Crippen LogP contribution in [0.5, 0.6) is 0 Å². The number of rotatable bonds is 4. The first-order valence-corrected chi connectivity index (χ1v) is 11.9. The molecule has 1 atom stereocenters. The summed E-state index contributed by atoms with van der Waals surface area (Å²) in [7, 11) is 0. The summed E-state index contributed by atoms with van der Waals surface area (Å²) in [5.74, 6) is 0.793. The fourth-order valence-electron chi connectivity index (χ4n) is 5.68. The number of hydrogen-bond acceptors (Lipinski definition) is 5. The standard InChI is InChI=1S/C25H30N6O/c32-25-23-4-3-19(12-20(23)16-31(25)21-2-1-7-26-13-21)18-5-9-29(10-6-18)17-22-14-28-24-15-27-8-11-30(22)24/h3-4,8,11-12,14-15,18,21,26H,1-2,5-7,9-10,13,16-17H2. The van der Waals surface area contributed by atoms with Gasteiger partial charge < -0.3 is 10.2 Å². The van der Waals surface area contributed by atoms with Gasteiger partial charge in [0.25, 0.3) is 5.91 Å². The molecule has 7 nitrogen and oxygen atoms in total. The number of carbonyl (C=O) groups is 1. The molecule has 6 rings (SSSR count). The van der Waals surface area contributed by atoms with Gasteiger partial charge in [0, 0.05) is 43.6 Å². The molecule has 1 amide bonds. The molecule has 7 heteroatoms. The molecule has 1 unspecified atom stereocenters. The Hall–Kier alpha value is -2.77. The number of fused-ring (bicyclic) bond motifs is 2. The highest BCUT2D eigenvalue weighted by Gasteiger charge is 2.34. The van der Waals surface area contributed by atoms with Crippen molar-refractivity contribution in [2.75, 3.05) is 26.2 Å². The van der Waals surface area contributed by atoms with Gasteiger partial charge in [-0.15, -0.1) is 0 Å². The van der Waals surface area contributed by atoms with Gasteiger partial charge in [-0.2, -0.15) is 0 Å². The van der Waals surface area contributed by atoms with E-state index in [4.69, 9.17) is 0 Å². The highest BCUT2D eigenvalue weighted by atomic mass is 16.2. The Balaban J connectivity index is 1.10. The molecule has 5 heterocycles. The molecule has 3 aliphatic rings. The highest BCUT2D eigenvalue weighted by molar-refractivity contribution is 5.98.